The maximum absolute atomic E-state index is 11.4. The van der Waals surface area contributed by atoms with E-state index in [4.69, 9.17) is 18.0 Å². The fourth-order valence-corrected chi connectivity index (χ4v) is 1.61. The van der Waals surface area contributed by atoms with Crippen molar-refractivity contribution >= 4 is 23.1 Å². The van der Waals surface area contributed by atoms with Gasteiger partial charge in [-0.25, -0.2) is 0 Å². The van der Waals surface area contributed by atoms with Gasteiger partial charge in [-0.2, -0.15) is 0 Å². The number of rotatable bonds is 8. The molecule has 0 aromatic rings. The van der Waals surface area contributed by atoms with Crippen molar-refractivity contribution in [3.8, 4) is 0 Å². The Bertz CT molecular complexity index is 256. The van der Waals surface area contributed by atoms with Crippen molar-refractivity contribution in [2.75, 3.05) is 33.7 Å². The number of hydrogen-bond acceptors (Lipinski definition) is 3. The zero-order chi connectivity index (χ0) is 13.4. The first-order valence-electron chi connectivity index (χ1n) is 6.10. The Labute approximate surface area is 110 Å². The molecule has 0 aromatic heterocycles. The summed E-state index contributed by atoms with van der Waals surface area (Å²) in [4.78, 5) is 15.9. The van der Waals surface area contributed by atoms with Crippen LogP contribution in [0.25, 0.3) is 0 Å². The van der Waals surface area contributed by atoms with Crippen LogP contribution in [0.3, 0.4) is 0 Å². The molecular formula is C12H25N3OS. The molecule has 0 aliphatic heterocycles. The summed E-state index contributed by atoms with van der Waals surface area (Å²) >= 11 is 4.96. The topological polar surface area (TPSA) is 49.6 Å². The first kappa shape index (κ1) is 16.3. The predicted molar refractivity (Wildman–Crippen MR) is 76.0 cm³/mol. The van der Waals surface area contributed by atoms with Crippen LogP contribution >= 0.6 is 12.2 Å². The fraction of sp³-hybridized carbons (Fsp3) is 0.833. The molecule has 5 heteroatoms. The van der Waals surface area contributed by atoms with Gasteiger partial charge in [0.15, 0.2) is 0 Å². The molecule has 2 N–H and O–H groups in total. The van der Waals surface area contributed by atoms with Crippen molar-refractivity contribution in [1.29, 1.82) is 0 Å². The van der Waals surface area contributed by atoms with Crippen LogP contribution in [0.4, 0.5) is 0 Å². The molecule has 0 aliphatic carbocycles. The highest BCUT2D eigenvalue weighted by molar-refractivity contribution is 7.80. The Morgan fingerprint density at radius 1 is 1.41 bits per heavy atom. The second-order valence-electron chi connectivity index (χ2n) is 4.59. The molecule has 0 heterocycles. The quantitative estimate of drug-likeness (QED) is 0.663. The van der Waals surface area contributed by atoms with Crippen molar-refractivity contribution in [1.82, 2.24) is 9.80 Å². The van der Waals surface area contributed by atoms with Gasteiger partial charge in [-0.15, -0.1) is 0 Å². The summed E-state index contributed by atoms with van der Waals surface area (Å²) in [6, 6.07) is 0. The molecule has 100 valence electrons. The number of nitrogens with zero attached hydrogens (tertiary/aromatic N) is 2. The van der Waals surface area contributed by atoms with Gasteiger partial charge in [0.2, 0.25) is 5.91 Å². The molecule has 0 radical (unpaired) electrons. The summed E-state index contributed by atoms with van der Waals surface area (Å²) in [7, 11) is 3.57. The lowest BCUT2D eigenvalue weighted by molar-refractivity contribution is -0.128. The van der Waals surface area contributed by atoms with E-state index in [9.17, 15) is 4.79 Å². The van der Waals surface area contributed by atoms with E-state index in [-0.39, 0.29) is 11.8 Å². The average Bonchev–Trinajstić information content (AvgIpc) is 2.26. The van der Waals surface area contributed by atoms with E-state index in [0.29, 0.717) is 11.4 Å². The van der Waals surface area contributed by atoms with Crippen molar-refractivity contribution in [3.63, 3.8) is 0 Å². The zero-order valence-corrected chi connectivity index (χ0v) is 12.2. The van der Waals surface area contributed by atoms with Crippen LogP contribution in [-0.2, 0) is 4.79 Å². The zero-order valence-electron chi connectivity index (χ0n) is 11.4. The molecular weight excluding hydrogens is 234 g/mol. The number of thiocarbonyl (C=S) groups is 1. The van der Waals surface area contributed by atoms with Crippen LogP contribution in [0.1, 0.15) is 26.7 Å². The lowest BCUT2D eigenvalue weighted by Gasteiger charge is -2.23. The van der Waals surface area contributed by atoms with Crippen LogP contribution in [0.2, 0.25) is 0 Å². The molecule has 0 spiro atoms. The van der Waals surface area contributed by atoms with Gasteiger partial charge in [0.1, 0.15) is 0 Å². The predicted octanol–water partition coefficient (Wildman–Crippen LogP) is 1.10. The maximum atomic E-state index is 11.4. The molecule has 0 saturated carbocycles. The summed E-state index contributed by atoms with van der Waals surface area (Å²) < 4.78 is 0. The molecule has 0 saturated heterocycles. The molecule has 0 fully saturated rings. The first-order valence-corrected chi connectivity index (χ1v) is 6.51. The lowest BCUT2D eigenvalue weighted by atomic mass is 10.1. The Hall–Kier alpha value is -0.680. The molecule has 17 heavy (non-hydrogen) atoms. The largest absolute Gasteiger partial charge is 0.393 e. The van der Waals surface area contributed by atoms with Crippen molar-refractivity contribution < 1.29 is 4.79 Å². The minimum Gasteiger partial charge on any atom is -0.393 e. The van der Waals surface area contributed by atoms with E-state index < -0.39 is 0 Å². The average molecular weight is 259 g/mol. The lowest BCUT2D eigenvalue weighted by Crippen LogP contribution is -2.35. The molecule has 1 unspecified atom stereocenters. The van der Waals surface area contributed by atoms with E-state index in [2.05, 4.69) is 11.8 Å². The molecule has 0 aromatic carbocycles. The third kappa shape index (κ3) is 7.28. The van der Waals surface area contributed by atoms with Gasteiger partial charge in [-0.3, -0.25) is 4.79 Å². The summed E-state index contributed by atoms with van der Waals surface area (Å²) in [6.45, 7) is 6.91. The Kier molecular flexibility index (Phi) is 8.08. The minimum atomic E-state index is 0.184. The Balaban J connectivity index is 3.90. The second kappa shape index (κ2) is 8.42. The molecule has 4 nitrogen and oxygen atoms in total. The minimum absolute atomic E-state index is 0.184. The Morgan fingerprint density at radius 2 is 2.00 bits per heavy atom. The first-order chi connectivity index (χ1) is 7.88. The number of hydrogen-bond donors (Lipinski definition) is 1. The van der Waals surface area contributed by atoms with Crippen molar-refractivity contribution in [2.24, 2.45) is 11.7 Å². The van der Waals surface area contributed by atoms with Crippen LogP contribution in [-0.4, -0.2) is 54.4 Å². The number of amides is 1. The monoisotopic (exact) mass is 259 g/mol. The van der Waals surface area contributed by atoms with Gasteiger partial charge in [-0.1, -0.05) is 26.1 Å². The molecule has 1 atom stereocenters. The smallest absolute Gasteiger partial charge is 0.222 e. The summed E-state index contributed by atoms with van der Waals surface area (Å²) in [6.07, 6.45) is 1.49. The highest BCUT2D eigenvalue weighted by atomic mass is 32.1. The second-order valence-corrected chi connectivity index (χ2v) is 5.06. The van der Waals surface area contributed by atoms with Gasteiger partial charge in [0.25, 0.3) is 0 Å². The van der Waals surface area contributed by atoms with Gasteiger partial charge < -0.3 is 15.5 Å². The SMILES string of the molecule is CCN(CCCC(=O)N(C)C)CC(C)C(N)=S. The van der Waals surface area contributed by atoms with E-state index in [1.54, 1.807) is 19.0 Å². The van der Waals surface area contributed by atoms with E-state index in [1.807, 2.05) is 6.92 Å². The number of carbonyl (C=O) groups excluding carboxylic acids is 1. The van der Waals surface area contributed by atoms with Crippen LogP contribution in [0.15, 0.2) is 0 Å². The van der Waals surface area contributed by atoms with Crippen LogP contribution < -0.4 is 5.73 Å². The van der Waals surface area contributed by atoms with E-state index in [0.717, 1.165) is 26.1 Å². The highest BCUT2D eigenvalue weighted by Gasteiger charge is 2.11. The number of nitrogens with two attached hydrogens (primary N) is 1. The maximum Gasteiger partial charge on any atom is 0.222 e. The summed E-state index contributed by atoms with van der Waals surface area (Å²) in [5.74, 6) is 0.415. The summed E-state index contributed by atoms with van der Waals surface area (Å²) in [5.41, 5.74) is 5.60. The number of carbonyl (C=O) groups is 1. The van der Waals surface area contributed by atoms with Crippen molar-refractivity contribution in [3.05, 3.63) is 0 Å². The highest BCUT2D eigenvalue weighted by Crippen LogP contribution is 2.03. The Morgan fingerprint density at radius 3 is 2.41 bits per heavy atom. The van der Waals surface area contributed by atoms with Crippen LogP contribution in [0.5, 0.6) is 0 Å². The summed E-state index contributed by atoms with van der Waals surface area (Å²) in [5, 5.41) is 0. The van der Waals surface area contributed by atoms with Gasteiger partial charge in [-0.05, 0) is 19.5 Å². The molecule has 0 rings (SSSR count). The third-order valence-electron chi connectivity index (χ3n) is 2.83. The van der Waals surface area contributed by atoms with Gasteiger partial charge in [0.05, 0.1) is 4.99 Å². The fourth-order valence-electron chi connectivity index (χ4n) is 1.53. The normalized spacial score (nSPS) is 12.5. The van der Waals surface area contributed by atoms with Crippen molar-refractivity contribution in [2.45, 2.75) is 26.7 Å². The molecule has 0 aliphatic rings. The van der Waals surface area contributed by atoms with Gasteiger partial charge in [0, 0.05) is 33.0 Å². The van der Waals surface area contributed by atoms with Crippen LogP contribution in [0, 0.1) is 5.92 Å². The van der Waals surface area contributed by atoms with E-state index >= 15 is 0 Å². The van der Waals surface area contributed by atoms with Gasteiger partial charge >= 0.3 is 0 Å². The molecule has 0 bridgehead atoms. The standard InChI is InChI=1S/C12H25N3OS/c1-5-15(9-10(2)12(13)17)8-6-7-11(16)14(3)4/h10H,5-9H2,1-4H3,(H2,13,17). The molecule has 1 amide bonds. The van der Waals surface area contributed by atoms with E-state index in [1.165, 1.54) is 0 Å². The third-order valence-corrected chi connectivity index (χ3v) is 3.23.